The number of aromatic nitrogens is 2. The van der Waals surface area contributed by atoms with Crippen LogP contribution in [0.2, 0.25) is 0 Å². The van der Waals surface area contributed by atoms with Crippen molar-refractivity contribution in [2.24, 2.45) is 0 Å². The highest BCUT2D eigenvalue weighted by Gasteiger charge is 2.23. The second kappa shape index (κ2) is 6.96. The number of fused-ring (bicyclic) bond motifs is 1. The molecule has 1 aromatic carbocycles. The quantitative estimate of drug-likeness (QED) is 0.827. The van der Waals surface area contributed by atoms with Gasteiger partial charge in [-0.1, -0.05) is 0 Å². The molecule has 1 aliphatic carbocycles. The topological polar surface area (TPSA) is 64.2 Å². The van der Waals surface area contributed by atoms with Crippen molar-refractivity contribution in [3.63, 3.8) is 0 Å². The molecule has 0 saturated carbocycles. The molecule has 0 unspecified atom stereocenters. The first-order chi connectivity index (χ1) is 11.2. The number of benzene rings is 1. The molecule has 1 heterocycles. The van der Waals surface area contributed by atoms with E-state index in [-0.39, 0.29) is 11.9 Å². The van der Waals surface area contributed by atoms with Crippen molar-refractivity contribution in [1.29, 1.82) is 0 Å². The normalized spacial score (nSPS) is 16.9. The molecule has 2 aromatic rings. The predicted molar refractivity (Wildman–Crippen MR) is 86.7 cm³/mol. The molecule has 0 fully saturated rings. The minimum absolute atomic E-state index is 0.0247. The Bertz CT molecular complexity index is 693. The van der Waals surface area contributed by atoms with E-state index in [1.165, 1.54) is 5.56 Å². The third-order valence-corrected chi connectivity index (χ3v) is 4.19. The van der Waals surface area contributed by atoms with Gasteiger partial charge in [0.05, 0.1) is 31.2 Å². The summed E-state index contributed by atoms with van der Waals surface area (Å²) in [5.41, 5.74) is 3.91. The SMILES string of the molecule is CCOc1ccc(C(C)=O)cc1CO[C@@H]1CCCc2cn[nH]c21. The van der Waals surface area contributed by atoms with Gasteiger partial charge in [-0.05, 0) is 56.9 Å². The van der Waals surface area contributed by atoms with Gasteiger partial charge in [-0.15, -0.1) is 0 Å². The summed E-state index contributed by atoms with van der Waals surface area (Å²) in [7, 11) is 0. The van der Waals surface area contributed by atoms with Gasteiger partial charge in [0.2, 0.25) is 0 Å². The summed E-state index contributed by atoms with van der Waals surface area (Å²) in [6.07, 6.45) is 5.04. The number of aromatic amines is 1. The molecule has 1 aliphatic rings. The van der Waals surface area contributed by atoms with Gasteiger partial charge in [0.25, 0.3) is 0 Å². The fourth-order valence-electron chi connectivity index (χ4n) is 2.99. The highest BCUT2D eigenvalue weighted by atomic mass is 16.5. The molecule has 0 bridgehead atoms. The Hall–Kier alpha value is -2.14. The van der Waals surface area contributed by atoms with Crippen molar-refractivity contribution in [3.8, 4) is 5.75 Å². The number of carbonyl (C=O) groups excluding carboxylic acids is 1. The maximum atomic E-state index is 11.6. The Kier molecular flexibility index (Phi) is 4.76. The number of hydrogen-bond acceptors (Lipinski definition) is 4. The summed E-state index contributed by atoms with van der Waals surface area (Å²) >= 11 is 0. The van der Waals surface area contributed by atoms with E-state index in [0.29, 0.717) is 18.8 Å². The number of Topliss-reactive ketones (excluding diaryl/α,β-unsaturated/α-hetero) is 1. The second-order valence-electron chi connectivity index (χ2n) is 5.81. The fourth-order valence-corrected chi connectivity index (χ4v) is 2.99. The Labute approximate surface area is 136 Å². The number of hydrogen-bond donors (Lipinski definition) is 1. The zero-order valence-electron chi connectivity index (χ0n) is 13.6. The Morgan fingerprint density at radius 2 is 2.30 bits per heavy atom. The summed E-state index contributed by atoms with van der Waals surface area (Å²) in [6.45, 7) is 4.51. The number of rotatable bonds is 6. The monoisotopic (exact) mass is 314 g/mol. The zero-order valence-corrected chi connectivity index (χ0v) is 13.6. The van der Waals surface area contributed by atoms with Gasteiger partial charge in [0, 0.05) is 11.1 Å². The molecule has 1 atom stereocenters. The molecule has 0 aliphatic heterocycles. The summed E-state index contributed by atoms with van der Waals surface area (Å²) in [5.74, 6) is 0.820. The molecule has 1 N–H and O–H groups in total. The first-order valence-electron chi connectivity index (χ1n) is 8.09. The van der Waals surface area contributed by atoms with Gasteiger partial charge in [0.15, 0.2) is 5.78 Å². The van der Waals surface area contributed by atoms with Crippen molar-refractivity contribution in [2.45, 2.75) is 45.8 Å². The lowest BCUT2D eigenvalue weighted by molar-refractivity contribution is 0.0243. The molecule has 5 nitrogen and oxygen atoms in total. The maximum absolute atomic E-state index is 11.6. The lowest BCUT2D eigenvalue weighted by atomic mass is 9.96. The molecule has 0 radical (unpaired) electrons. The molecular weight excluding hydrogens is 292 g/mol. The second-order valence-corrected chi connectivity index (χ2v) is 5.81. The highest BCUT2D eigenvalue weighted by molar-refractivity contribution is 5.94. The lowest BCUT2D eigenvalue weighted by Crippen LogP contribution is -2.13. The first-order valence-corrected chi connectivity index (χ1v) is 8.09. The Balaban J connectivity index is 1.77. The van der Waals surface area contributed by atoms with Gasteiger partial charge in [-0.25, -0.2) is 0 Å². The van der Waals surface area contributed by atoms with E-state index in [4.69, 9.17) is 9.47 Å². The van der Waals surface area contributed by atoms with E-state index >= 15 is 0 Å². The van der Waals surface area contributed by atoms with E-state index in [9.17, 15) is 4.79 Å². The molecule has 1 aromatic heterocycles. The van der Waals surface area contributed by atoms with Crippen LogP contribution < -0.4 is 4.74 Å². The molecule has 0 saturated heterocycles. The fraction of sp³-hybridized carbons (Fsp3) is 0.444. The van der Waals surface area contributed by atoms with Gasteiger partial charge in [-0.3, -0.25) is 9.89 Å². The van der Waals surface area contributed by atoms with Crippen LogP contribution in [0.4, 0.5) is 0 Å². The number of nitrogens with zero attached hydrogens (tertiary/aromatic N) is 1. The van der Waals surface area contributed by atoms with Crippen molar-refractivity contribution in [3.05, 3.63) is 46.8 Å². The number of nitrogens with one attached hydrogen (secondary N) is 1. The van der Waals surface area contributed by atoms with Gasteiger partial charge < -0.3 is 9.47 Å². The van der Waals surface area contributed by atoms with Crippen LogP contribution in [0, 0.1) is 0 Å². The molecule has 122 valence electrons. The number of aryl methyl sites for hydroxylation is 1. The standard InChI is InChI=1S/C18H22N2O3/c1-3-22-16-8-7-13(12(2)21)9-15(16)11-23-17-6-4-5-14-10-19-20-18(14)17/h7-10,17H,3-6,11H2,1-2H3,(H,19,20)/t17-/m1/s1. The summed E-state index contributed by atoms with van der Waals surface area (Å²) in [4.78, 5) is 11.6. The van der Waals surface area contributed by atoms with Crippen LogP contribution in [0.1, 0.15) is 60.0 Å². The lowest BCUT2D eigenvalue weighted by Gasteiger charge is -2.23. The molecule has 0 spiro atoms. The molecular formula is C18H22N2O3. The van der Waals surface area contributed by atoms with E-state index in [2.05, 4.69) is 10.2 Å². The van der Waals surface area contributed by atoms with Crippen molar-refractivity contribution in [2.75, 3.05) is 6.61 Å². The predicted octanol–water partition coefficient (Wildman–Crippen LogP) is 3.61. The van der Waals surface area contributed by atoms with Crippen LogP contribution in [-0.4, -0.2) is 22.6 Å². The molecule has 0 amide bonds. The van der Waals surface area contributed by atoms with Crippen LogP contribution in [-0.2, 0) is 17.8 Å². The average molecular weight is 314 g/mol. The molecule has 23 heavy (non-hydrogen) atoms. The van der Waals surface area contributed by atoms with Crippen LogP contribution in [0.5, 0.6) is 5.75 Å². The van der Waals surface area contributed by atoms with Gasteiger partial charge in [-0.2, -0.15) is 5.10 Å². The van der Waals surface area contributed by atoms with Crippen LogP contribution in [0.25, 0.3) is 0 Å². The third-order valence-electron chi connectivity index (χ3n) is 4.19. The van der Waals surface area contributed by atoms with Gasteiger partial charge >= 0.3 is 0 Å². The number of ether oxygens (including phenoxy) is 2. The Morgan fingerprint density at radius 1 is 1.43 bits per heavy atom. The average Bonchev–Trinajstić information content (AvgIpc) is 3.03. The summed E-state index contributed by atoms with van der Waals surface area (Å²) in [5, 5.41) is 7.17. The van der Waals surface area contributed by atoms with Gasteiger partial charge in [0.1, 0.15) is 5.75 Å². The van der Waals surface area contributed by atoms with Crippen molar-refractivity contribution < 1.29 is 14.3 Å². The number of carbonyl (C=O) groups is 1. The maximum Gasteiger partial charge on any atom is 0.159 e. The van der Waals surface area contributed by atoms with E-state index in [1.807, 2.05) is 25.3 Å². The number of ketones is 1. The van der Waals surface area contributed by atoms with Crippen LogP contribution in [0.3, 0.4) is 0 Å². The zero-order chi connectivity index (χ0) is 16.2. The van der Waals surface area contributed by atoms with E-state index in [1.54, 1.807) is 13.0 Å². The number of H-pyrrole nitrogens is 1. The van der Waals surface area contributed by atoms with Crippen LogP contribution >= 0.6 is 0 Å². The minimum atomic E-state index is 0.0247. The minimum Gasteiger partial charge on any atom is -0.494 e. The van der Waals surface area contributed by atoms with E-state index < -0.39 is 0 Å². The highest BCUT2D eigenvalue weighted by Crippen LogP contribution is 2.32. The smallest absolute Gasteiger partial charge is 0.159 e. The molecule has 3 rings (SSSR count). The third kappa shape index (κ3) is 3.45. The summed E-state index contributed by atoms with van der Waals surface area (Å²) in [6, 6.07) is 5.51. The van der Waals surface area contributed by atoms with E-state index in [0.717, 1.165) is 36.3 Å². The summed E-state index contributed by atoms with van der Waals surface area (Å²) < 4.78 is 11.8. The van der Waals surface area contributed by atoms with Crippen molar-refractivity contribution in [1.82, 2.24) is 10.2 Å². The van der Waals surface area contributed by atoms with Crippen molar-refractivity contribution >= 4 is 5.78 Å². The largest absolute Gasteiger partial charge is 0.494 e. The Morgan fingerprint density at radius 3 is 3.09 bits per heavy atom. The molecule has 5 heteroatoms. The first kappa shape index (κ1) is 15.7. The van der Waals surface area contributed by atoms with Crippen LogP contribution in [0.15, 0.2) is 24.4 Å².